The molecule has 5 aromatic rings. The summed E-state index contributed by atoms with van der Waals surface area (Å²) in [4.78, 5) is 18.6. The van der Waals surface area contributed by atoms with Crippen LogP contribution in [0, 0.1) is 0 Å². The summed E-state index contributed by atoms with van der Waals surface area (Å²) >= 11 is 0. The summed E-state index contributed by atoms with van der Waals surface area (Å²) in [5.41, 5.74) is 5.54. The molecule has 5 nitrogen and oxygen atoms in total. The number of carbonyl (C=O) groups is 1. The molecule has 0 radical (unpaired) electrons. The van der Waals surface area contributed by atoms with Crippen LogP contribution in [0.4, 0.5) is 17.1 Å². The van der Waals surface area contributed by atoms with Gasteiger partial charge in [-0.15, -0.1) is 0 Å². The van der Waals surface area contributed by atoms with Gasteiger partial charge in [0.2, 0.25) is 0 Å². The molecule has 0 atom stereocenters. The van der Waals surface area contributed by atoms with E-state index in [9.17, 15) is 4.79 Å². The maximum Gasteiger partial charge on any atom is 0.259 e. The van der Waals surface area contributed by atoms with Crippen molar-refractivity contribution in [3.05, 3.63) is 138 Å². The number of hydrogen-bond acceptors (Lipinski definition) is 4. The number of benzene rings is 5. The number of anilines is 3. The number of rotatable bonds is 10. The first kappa shape index (κ1) is 30.0. The Labute approximate surface area is 266 Å². The highest BCUT2D eigenvalue weighted by Gasteiger charge is 2.39. The highest BCUT2D eigenvalue weighted by Crippen LogP contribution is 2.46. The predicted molar refractivity (Wildman–Crippen MR) is 189 cm³/mol. The quantitative estimate of drug-likeness (QED) is 0.175. The minimum Gasteiger partial charge on any atom is -0.472 e. The van der Waals surface area contributed by atoms with Crippen LogP contribution in [0.1, 0.15) is 54.7 Å². The van der Waals surface area contributed by atoms with Gasteiger partial charge in [0.25, 0.3) is 5.91 Å². The van der Waals surface area contributed by atoms with Crippen molar-refractivity contribution in [3.8, 4) is 5.75 Å². The van der Waals surface area contributed by atoms with Crippen LogP contribution in [0.3, 0.4) is 0 Å². The lowest BCUT2D eigenvalue weighted by Crippen LogP contribution is -2.35. The van der Waals surface area contributed by atoms with Crippen molar-refractivity contribution >= 4 is 39.8 Å². The third-order valence-corrected chi connectivity index (χ3v) is 8.91. The Bertz CT molecular complexity index is 1750. The monoisotopic (exact) mass is 595 g/mol. The highest BCUT2D eigenvalue weighted by atomic mass is 16.5. The topological polar surface area (TPSA) is 44.8 Å². The lowest BCUT2D eigenvalue weighted by molar-refractivity contribution is 0.101. The average molecular weight is 596 g/mol. The molecule has 228 valence electrons. The second-order valence-electron chi connectivity index (χ2n) is 11.3. The van der Waals surface area contributed by atoms with Crippen LogP contribution < -0.4 is 19.9 Å². The van der Waals surface area contributed by atoms with Crippen LogP contribution in [0.2, 0.25) is 0 Å². The molecule has 0 spiro atoms. The van der Waals surface area contributed by atoms with E-state index in [1.165, 1.54) is 11.4 Å². The number of hydrogen-bond donors (Lipinski definition) is 1. The summed E-state index contributed by atoms with van der Waals surface area (Å²) in [6.45, 7) is 12.4. The van der Waals surface area contributed by atoms with E-state index in [4.69, 9.17) is 4.74 Å². The van der Waals surface area contributed by atoms with Gasteiger partial charge in [-0.05, 0) is 93.1 Å². The fraction of sp³-hybridized carbons (Fsp3) is 0.225. The van der Waals surface area contributed by atoms with Gasteiger partial charge in [0, 0.05) is 59.9 Å². The van der Waals surface area contributed by atoms with E-state index >= 15 is 0 Å². The van der Waals surface area contributed by atoms with Gasteiger partial charge in [-0.1, -0.05) is 66.7 Å². The molecule has 1 aliphatic rings. The summed E-state index contributed by atoms with van der Waals surface area (Å²) in [6, 6.07) is 37.0. The largest absolute Gasteiger partial charge is 0.472 e. The number of carbonyl (C=O) groups excluding carboxylic acids is 1. The molecule has 0 saturated heterocycles. The first-order valence-electron chi connectivity index (χ1n) is 16.0. The van der Waals surface area contributed by atoms with E-state index in [2.05, 4.69) is 110 Å². The molecule has 0 saturated carbocycles. The van der Waals surface area contributed by atoms with Crippen molar-refractivity contribution in [3.63, 3.8) is 0 Å². The fourth-order valence-electron chi connectivity index (χ4n) is 6.41. The van der Waals surface area contributed by atoms with Crippen molar-refractivity contribution in [1.82, 2.24) is 0 Å². The minimum atomic E-state index is -0.944. The van der Waals surface area contributed by atoms with Crippen molar-refractivity contribution < 1.29 is 9.53 Å². The van der Waals surface area contributed by atoms with Gasteiger partial charge in [0.05, 0.1) is 5.56 Å². The first-order valence-corrected chi connectivity index (χ1v) is 16.0. The third-order valence-electron chi connectivity index (χ3n) is 8.91. The zero-order chi connectivity index (χ0) is 31.4. The molecule has 1 aliphatic heterocycles. The van der Waals surface area contributed by atoms with Crippen LogP contribution in [-0.2, 0) is 5.60 Å². The minimum absolute atomic E-state index is 0.207. The van der Waals surface area contributed by atoms with E-state index < -0.39 is 5.60 Å². The van der Waals surface area contributed by atoms with Gasteiger partial charge in [-0.2, -0.15) is 0 Å². The van der Waals surface area contributed by atoms with E-state index in [1.807, 2.05) is 54.6 Å². The van der Waals surface area contributed by atoms with Gasteiger partial charge in [0.15, 0.2) is 5.60 Å². The van der Waals surface area contributed by atoms with E-state index in [-0.39, 0.29) is 5.91 Å². The molecule has 0 fully saturated rings. The molecule has 6 rings (SSSR count). The molecule has 5 aromatic carbocycles. The summed E-state index contributed by atoms with van der Waals surface area (Å²) in [6.07, 6.45) is 4.29. The number of ether oxygens (including phenoxy) is 1. The van der Waals surface area contributed by atoms with Gasteiger partial charge >= 0.3 is 0 Å². The standard InChI is InChI=1S/C40H41N3O2/c1-5-42(6-2)33-22-18-30(19-23-33)40(31-20-24-34(25-21-31)43(7-3)8-4)27-26-36-35-17-13-12-14-29(35)28-37(38(36)45-40)39(44)41-32-15-10-9-11-16-32/h9-28H,5-8H2,1-4H3,(H,41,44). The van der Waals surface area contributed by atoms with Crippen molar-refractivity contribution in [2.45, 2.75) is 33.3 Å². The van der Waals surface area contributed by atoms with Gasteiger partial charge in [-0.3, -0.25) is 4.79 Å². The maximum absolute atomic E-state index is 14.0. The molecule has 0 aromatic heterocycles. The van der Waals surface area contributed by atoms with Gasteiger partial charge in [-0.25, -0.2) is 0 Å². The molecule has 1 amide bonds. The third kappa shape index (κ3) is 5.66. The maximum atomic E-state index is 14.0. The molecule has 1 N–H and O–H groups in total. The first-order chi connectivity index (χ1) is 22.0. The average Bonchev–Trinajstić information content (AvgIpc) is 3.09. The zero-order valence-corrected chi connectivity index (χ0v) is 26.6. The Hall–Kier alpha value is -5.03. The Morgan fingerprint density at radius 3 is 1.78 bits per heavy atom. The predicted octanol–water partition coefficient (Wildman–Crippen LogP) is 9.13. The summed E-state index contributed by atoms with van der Waals surface area (Å²) in [5.74, 6) is 0.367. The molecular weight excluding hydrogens is 554 g/mol. The number of nitrogens with zero attached hydrogens (tertiary/aromatic N) is 2. The number of nitrogens with one attached hydrogen (secondary N) is 1. The summed E-state index contributed by atoms with van der Waals surface area (Å²) in [7, 11) is 0. The van der Waals surface area contributed by atoms with Crippen LogP contribution in [-0.4, -0.2) is 32.1 Å². The van der Waals surface area contributed by atoms with Crippen molar-refractivity contribution in [2.24, 2.45) is 0 Å². The second-order valence-corrected chi connectivity index (χ2v) is 11.3. The van der Waals surface area contributed by atoms with E-state index in [0.29, 0.717) is 11.3 Å². The van der Waals surface area contributed by atoms with E-state index in [0.717, 1.165) is 59.3 Å². The number of para-hydroxylation sites is 1. The van der Waals surface area contributed by atoms with Crippen molar-refractivity contribution in [2.75, 3.05) is 41.3 Å². The lowest BCUT2D eigenvalue weighted by atomic mass is 9.82. The zero-order valence-electron chi connectivity index (χ0n) is 26.6. The highest BCUT2D eigenvalue weighted by molar-refractivity contribution is 6.11. The molecule has 1 heterocycles. The van der Waals surface area contributed by atoms with E-state index in [1.54, 1.807) is 0 Å². The van der Waals surface area contributed by atoms with Crippen LogP contribution in [0.5, 0.6) is 5.75 Å². The van der Waals surface area contributed by atoms with Gasteiger partial charge in [0.1, 0.15) is 5.75 Å². The van der Waals surface area contributed by atoms with Gasteiger partial charge < -0.3 is 19.9 Å². The molecule has 0 unspecified atom stereocenters. The summed E-state index contributed by atoms with van der Waals surface area (Å²) in [5, 5.41) is 5.12. The Balaban J connectivity index is 1.52. The smallest absolute Gasteiger partial charge is 0.259 e. The van der Waals surface area contributed by atoms with Crippen LogP contribution >= 0.6 is 0 Å². The Morgan fingerprint density at radius 2 is 1.22 bits per heavy atom. The second kappa shape index (κ2) is 12.9. The molecule has 0 bridgehead atoms. The normalized spacial score (nSPS) is 13.2. The number of fused-ring (bicyclic) bond motifs is 3. The molecule has 5 heteroatoms. The summed E-state index contributed by atoms with van der Waals surface area (Å²) < 4.78 is 7.22. The Kier molecular flexibility index (Phi) is 8.61. The van der Waals surface area contributed by atoms with Crippen molar-refractivity contribution in [1.29, 1.82) is 0 Å². The molecule has 0 aliphatic carbocycles. The molecular formula is C40H41N3O2. The lowest BCUT2D eigenvalue weighted by Gasteiger charge is -2.37. The number of amides is 1. The fourth-order valence-corrected chi connectivity index (χ4v) is 6.41. The molecule has 45 heavy (non-hydrogen) atoms. The van der Waals surface area contributed by atoms with Crippen LogP contribution in [0.15, 0.2) is 115 Å². The van der Waals surface area contributed by atoms with Crippen LogP contribution in [0.25, 0.3) is 16.8 Å². The SMILES string of the molecule is CCN(CC)c1ccc(C2(c3ccc(N(CC)CC)cc3)C=Cc3c(c(C(=O)Nc4ccccc4)cc4ccccc34)O2)cc1. The Morgan fingerprint density at radius 1 is 0.689 bits per heavy atom.